The molecule has 0 heterocycles. The summed E-state index contributed by atoms with van der Waals surface area (Å²) in [5, 5.41) is 3.03. The Hall–Kier alpha value is -2.15. The van der Waals surface area contributed by atoms with Crippen LogP contribution in [0.5, 0.6) is 11.5 Å². The minimum atomic E-state index is -2.96. The SMILES string of the molecule is COc1cc(C(=O)NC2(c3ccc(Br)cc3)CC2)ccc1OC(F)F. The minimum Gasteiger partial charge on any atom is -0.493 e. The molecular weight excluding hydrogens is 396 g/mol. The van der Waals surface area contributed by atoms with Gasteiger partial charge in [-0.05, 0) is 48.7 Å². The molecule has 3 rings (SSSR count). The average Bonchev–Trinajstić information content (AvgIpc) is 3.35. The van der Waals surface area contributed by atoms with E-state index in [1.54, 1.807) is 0 Å². The molecule has 25 heavy (non-hydrogen) atoms. The molecule has 0 aromatic heterocycles. The molecule has 1 aliphatic rings. The van der Waals surface area contributed by atoms with Crippen molar-refractivity contribution in [1.82, 2.24) is 5.32 Å². The van der Waals surface area contributed by atoms with Gasteiger partial charge in [-0.1, -0.05) is 28.1 Å². The van der Waals surface area contributed by atoms with Crippen LogP contribution in [0.3, 0.4) is 0 Å². The molecule has 1 fully saturated rings. The average molecular weight is 412 g/mol. The van der Waals surface area contributed by atoms with Crippen LogP contribution in [0.2, 0.25) is 0 Å². The quantitative estimate of drug-likeness (QED) is 0.762. The number of hydrogen-bond donors (Lipinski definition) is 1. The second-order valence-electron chi connectivity index (χ2n) is 5.79. The highest BCUT2D eigenvalue weighted by Gasteiger charge is 2.45. The number of alkyl halides is 2. The van der Waals surface area contributed by atoms with E-state index in [2.05, 4.69) is 26.0 Å². The van der Waals surface area contributed by atoms with Crippen LogP contribution in [0, 0.1) is 0 Å². The minimum absolute atomic E-state index is 0.0847. The smallest absolute Gasteiger partial charge is 0.387 e. The van der Waals surface area contributed by atoms with Crippen LogP contribution in [0.1, 0.15) is 28.8 Å². The largest absolute Gasteiger partial charge is 0.493 e. The molecule has 132 valence electrons. The lowest BCUT2D eigenvalue weighted by Gasteiger charge is -2.19. The number of benzene rings is 2. The summed E-state index contributed by atoms with van der Waals surface area (Å²) in [4.78, 5) is 12.6. The van der Waals surface area contributed by atoms with Crippen LogP contribution in [0.4, 0.5) is 8.78 Å². The Morgan fingerprint density at radius 2 is 1.84 bits per heavy atom. The molecule has 7 heteroatoms. The Labute approximate surface area is 152 Å². The highest BCUT2D eigenvalue weighted by atomic mass is 79.9. The fourth-order valence-corrected chi connectivity index (χ4v) is 2.94. The van der Waals surface area contributed by atoms with E-state index in [0.29, 0.717) is 5.56 Å². The summed E-state index contributed by atoms with van der Waals surface area (Å²) in [6, 6.07) is 11.9. The second kappa shape index (κ2) is 7.00. The van der Waals surface area contributed by atoms with Gasteiger partial charge in [0.25, 0.3) is 5.91 Å². The predicted molar refractivity (Wildman–Crippen MR) is 92.1 cm³/mol. The number of halogens is 3. The van der Waals surface area contributed by atoms with Crippen LogP contribution < -0.4 is 14.8 Å². The number of amides is 1. The Morgan fingerprint density at radius 1 is 1.16 bits per heavy atom. The number of carbonyl (C=O) groups is 1. The highest BCUT2D eigenvalue weighted by Crippen LogP contribution is 2.46. The normalized spacial score (nSPS) is 14.9. The van der Waals surface area contributed by atoms with E-state index in [4.69, 9.17) is 4.74 Å². The molecule has 1 saturated carbocycles. The van der Waals surface area contributed by atoms with Gasteiger partial charge in [-0.25, -0.2) is 0 Å². The fourth-order valence-electron chi connectivity index (χ4n) is 2.67. The zero-order valence-corrected chi connectivity index (χ0v) is 15.0. The van der Waals surface area contributed by atoms with Gasteiger partial charge >= 0.3 is 6.61 Å². The van der Waals surface area contributed by atoms with Gasteiger partial charge in [-0.15, -0.1) is 0 Å². The standard InChI is InChI=1S/C18H16BrF2NO3/c1-24-15-10-11(2-7-14(15)25-17(20)21)16(23)22-18(8-9-18)12-3-5-13(19)6-4-12/h2-7,10,17H,8-9H2,1H3,(H,22,23). The number of carbonyl (C=O) groups excluding carboxylic acids is 1. The summed E-state index contributed by atoms with van der Waals surface area (Å²) >= 11 is 3.39. The summed E-state index contributed by atoms with van der Waals surface area (Å²) in [5.41, 5.74) is 0.985. The molecule has 2 aromatic rings. The summed E-state index contributed by atoms with van der Waals surface area (Å²) < 4.78 is 35.1. The van der Waals surface area contributed by atoms with Gasteiger partial charge in [-0.3, -0.25) is 4.79 Å². The van der Waals surface area contributed by atoms with E-state index in [1.807, 2.05) is 24.3 Å². The third-order valence-corrected chi connectivity index (χ3v) is 4.67. The molecular formula is C18H16BrF2NO3. The van der Waals surface area contributed by atoms with Gasteiger partial charge in [-0.2, -0.15) is 8.78 Å². The first kappa shape index (κ1) is 17.7. The Morgan fingerprint density at radius 3 is 2.40 bits per heavy atom. The molecule has 1 aliphatic carbocycles. The summed E-state index contributed by atoms with van der Waals surface area (Å²) in [6.07, 6.45) is 1.70. The number of methoxy groups -OCH3 is 1. The van der Waals surface area contributed by atoms with Crippen molar-refractivity contribution in [2.24, 2.45) is 0 Å². The van der Waals surface area contributed by atoms with Crippen molar-refractivity contribution >= 4 is 21.8 Å². The second-order valence-corrected chi connectivity index (χ2v) is 6.70. The van der Waals surface area contributed by atoms with Crippen LogP contribution in [-0.4, -0.2) is 19.6 Å². The van der Waals surface area contributed by atoms with E-state index < -0.39 is 6.61 Å². The van der Waals surface area contributed by atoms with Gasteiger partial charge in [0.05, 0.1) is 12.6 Å². The van der Waals surface area contributed by atoms with E-state index in [9.17, 15) is 13.6 Å². The van der Waals surface area contributed by atoms with Gasteiger partial charge in [0, 0.05) is 10.0 Å². The third kappa shape index (κ3) is 3.92. The van der Waals surface area contributed by atoms with Gasteiger partial charge in [0.15, 0.2) is 11.5 Å². The molecule has 2 aromatic carbocycles. The first-order valence-electron chi connectivity index (χ1n) is 7.65. The zero-order valence-electron chi connectivity index (χ0n) is 13.4. The zero-order chi connectivity index (χ0) is 18.0. The molecule has 0 atom stereocenters. The summed E-state index contributed by atoms with van der Waals surface area (Å²) in [7, 11) is 1.33. The van der Waals surface area contributed by atoms with E-state index >= 15 is 0 Å². The van der Waals surface area contributed by atoms with Crippen LogP contribution in [0.25, 0.3) is 0 Å². The van der Waals surface area contributed by atoms with Gasteiger partial charge in [0.1, 0.15) is 0 Å². The van der Waals surface area contributed by atoms with Crippen LogP contribution in [-0.2, 0) is 5.54 Å². The summed E-state index contributed by atoms with van der Waals surface area (Å²) in [5.74, 6) is -0.313. The molecule has 0 bridgehead atoms. The topological polar surface area (TPSA) is 47.6 Å². The number of hydrogen-bond acceptors (Lipinski definition) is 3. The molecule has 0 aliphatic heterocycles. The molecule has 1 N–H and O–H groups in total. The van der Waals surface area contributed by atoms with E-state index in [-0.39, 0.29) is 22.9 Å². The van der Waals surface area contributed by atoms with Crippen molar-refractivity contribution in [1.29, 1.82) is 0 Å². The van der Waals surface area contributed by atoms with E-state index in [0.717, 1.165) is 22.9 Å². The fraction of sp³-hybridized carbons (Fsp3) is 0.278. The molecule has 0 unspecified atom stereocenters. The lowest BCUT2D eigenvalue weighted by molar-refractivity contribution is -0.0512. The predicted octanol–water partition coefficient (Wildman–Crippen LogP) is 4.48. The molecule has 0 radical (unpaired) electrons. The molecule has 0 saturated heterocycles. The number of nitrogens with one attached hydrogen (secondary N) is 1. The lowest BCUT2D eigenvalue weighted by atomic mass is 10.0. The van der Waals surface area contributed by atoms with Gasteiger partial charge < -0.3 is 14.8 Å². The highest BCUT2D eigenvalue weighted by molar-refractivity contribution is 9.10. The van der Waals surface area contributed by atoms with Crippen LogP contribution >= 0.6 is 15.9 Å². The first-order chi connectivity index (χ1) is 11.9. The molecule has 1 amide bonds. The van der Waals surface area contributed by atoms with Crippen molar-refractivity contribution in [3.63, 3.8) is 0 Å². The lowest BCUT2D eigenvalue weighted by Crippen LogP contribution is -2.34. The number of rotatable bonds is 6. The van der Waals surface area contributed by atoms with Crippen molar-refractivity contribution in [3.05, 3.63) is 58.1 Å². The van der Waals surface area contributed by atoms with Crippen molar-refractivity contribution in [2.45, 2.75) is 25.0 Å². The monoisotopic (exact) mass is 411 g/mol. The maximum atomic E-state index is 12.6. The van der Waals surface area contributed by atoms with Crippen molar-refractivity contribution in [2.75, 3.05) is 7.11 Å². The van der Waals surface area contributed by atoms with E-state index in [1.165, 1.54) is 25.3 Å². The van der Waals surface area contributed by atoms with Crippen LogP contribution in [0.15, 0.2) is 46.9 Å². The maximum absolute atomic E-state index is 12.6. The van der Waals surface area contributed by atoms with Gasteiger partial charge in [0.2, 0.25) is 0 Å². The molecule has 0 spiro atoms. The summed E-state index contributed by atoms with van der Waals surface area (Å²) in [6.45, 7) is -2.96. The Kier molecular flexibility index (Phi) is 4.94. The van der Waals surface area contributed by atoms with Crippen molar-refractivity contribution in [3.8, 4) is 11.5 Å². The first-order valence-corrected chi connectivity index (χ1v) is 8.44. The van der Waals surface area contributed by atoms with Crippen molar-refractivity contribution < 1.29 is 23.0 Å². The maximum Gasteiger partial charge on any atom is 0.387 e. The Balaban J connectivity index is 1.78. The number of ether oxygens (including phenoxy) is 2. The molecule has 4 nitrogen and oxygen atoms in total. The Bertz CT molecular complexity index is 776. The third-order valence-electron chi connectivity index (χ3n) is 4.14.